The summed E-state index contributed by atoms with van der Waals surface area (Å²) < 4.78 is 5.95. The van der Waals surface area contributed by atoms with Crippen molar-refractivity contribution in [2.24, 2.45) is 0 Å². The number of hydrogen-bond acceptors (Lipinski definition) is 4. The van der Waals surface area contributed by atoms with E-state index in [-0.39, 0.29) is 5.75 Å². The molecular weight excluding hydrogens is 262 g/mol. The first-order valence-corrected chi connectivity index (χ1v) is 5.21. The molecule has 1 aromatic carbocycles. The number of methoxy groups -OCH3 is 1. The first-order valence-electron chi connectivity index (χ1n) is 4.42. The number of phenols is 1. The van der Waals surface area contributed by atoms with E-state index in [2.05, 4.69) is 21.4 Å². The summed E-state index contributed by atoms with van der Waals surface area (Å²) in [7, 11) is 3.05. The van der Waals surface area contributed by atoms with Gasteiger partial charge in [0.1, 0.15) is 0 Å². The molecule has 0 saturated carbocycles. The minimum atomic E-state index is 0.141. The standard InChI is InChI=1S/C10H14BrNO3/c1-6-7(5-12-15-3)10(13)9(14-2)4-8(6)11/h4,12-13H,5H2,1-3H3. The van der Waals surface area contributed by atoms with E-state index in [0.717, 1.165) is 15.6 Å². The number of hydroxylamine groups is 1. The van der Waals surface area contributed by atoms with Crippen molar-refractivity contribution in [2.75, 3.05) is 14.2 Å². The minimum Gasteiger partial charge on any atom is -0.504 e. The first-order chi connectivity index (χ1) is 7.11. The number of ether oxygens (including phenoxy) is 1. The summed E-state index contributed by atoms with van der Waals surface area (Å²) in [4.78, 5) is 4.75. The van der Waals surface area contributed by atoms with Crippen LogP contribution in [0.5, 0.6) is 11.5 Å². The number of benzene rings is 1. The predicted molar refractivity (Wildman–Crippen MR) is 60.9 cm³/mol. The van der Waals surface area contributed by atoms with Crippen molar-refractivity contribution in [3.8, 4) is 11.5 Å². The molecule has 0 fully saturated rings. The quantitative estimate of drug-likeness (QED) is 0.827. The van der Waals surface area contributed by atoms with Gasteiger partial charge in [-0.2, -0.15) is 5.48 Å². The van der Waals surface area contributed by atoms with Crippen molar-refractivity contribution < 1.29 is 14.7 Å². The highest BCUT2D eigenvalue weighted by molar-refractivity contribution is 9.10. The number of rotatable bonds is 4. The third kappa shape index (κ3) is 2.62. The fourth-order valence-electron chi connectivity index (χ4n) is 1.28. The average molecular weight is 276 g/mol. The lowest BCUT2D eigenvalue weighted by Crippen LogP contribution is -2.12. The van der Waals surface area contributed by atoms with Crippen LogP contribution in [0.25, 0.3) is 0 Å². The second-order valence-corrected chi connectivity index (χ2v) is 3.89. The molecule has 1 rings (SSSR count). The van der Waals surface area contributed by atoms with Crippen LogP contribution in [0.1, 0.15) is 11.1 Å². The van der Waals surface area contributed by atoms with Crippen LogP contribution in [0.15, 0.2) is 10.5 Å². The van der Waals surface area contributed by atoms with Crippen LogP contribution < -0.4 is 10.2 Å². The molecule has 0 spiro atoms. The lowest BCUT2D eigenvalue weighted by atomic mass is 10.1. The Balaban J connectivity index is 3.15. The molecule has 0 aliphatic heterocycles. The van der Waals surface area contributed by atoms with E-state index in [1.54, 1.807) is 6.07 Å². The van der Waals surface area contributed by atoms with Gasteiger partial charge in [0, 0.05) is 10.0 Å². The maximum absolute atomic E-state index is 9.88. The van der Waals surface area contributed by atoms with Gasteiger partial charge in [0.25, 0.3) is 0 Å². The van der Waals surface area contributed by atoms with Gasteiger partial charge in [-0.3, -0.25) is 0 Å². The molecular formula is C10H14BrNO3. The van der Waals surface area contributed by atoms with Crippen LogP contribution in [0.4, 0.5) is 0 Å². The molecule has 5 heteroatoms. The molecule has 0 heterocycles. The molecule has 0 saturated heterocycles. The summed E-state index contributed by atoms with van der Waals surface area (Å²) >= 11 is 3.40. The largest absolute Gasteiger partial charge is 0.504 e. The van der Waals surface area contributed by atoms with Crippen molar-refractivity contribution in [1.29, 1.82) is 0 Å². The fraction of sp³-hybridized carbons (Fsp3) is 0.400. The van der Waals surface area contributed by atoms with Crippen LogP contribution >= 0.6 is 15.9 Å². The Kier molecular flexibility index (Phi) is 4.38. The molecule has 4 nitrogen and oxygen atoms in total. The Hall–Kier alpha value is -0.780. The van der Waals surface area contributed by atoms with Gasteiger partial charge in [0.05, 0.1) is 20.8 Å². The van der Waals surface area contributed by atoms with Crippen molar-refractivity contribution >= 4 is 15.9 Å². The number of halogens is 1. The molecule has 0 aliphatic carbocycles. The van der Waals surface area contributed by atoms with E-state index < -0.39 is 0 Å². The molecule has 0 amide bonds. The Morgan fingerprint density at radius 3 is 2.67 bits per heavy atom. The van der Waals surface area contributed by atoms with Crippen LogP contribution in [-0.2, 0) is 11.4 Å². The van der Waals surface area contributed by atoms with Gasteiger partial charge in [-0.25, -0.2) is 0 Å². The molecule has 1 aromatic rings. The molecule has 0 unspecified atom stereocenters. The van der Waals surface area contributed by atoms with Crippen molar-refractivity contribution in [3.05, 3.63) is 21.7 Å². The molecule has 0 atom stereocenters. The number of aromatic hydroxyl groups is 1. The van der Waals surface area contributed by atoms with Crippen LogP contribution in [0.2, 0.25) is 0 Å². The Bertz CT molecular complexity index is 355. The second kappa shape index (κ2) is 5.34. The molecule has 2 N–H and O–H groups in total. The number of phenolic OH excluding ortho intramolecular Hbond substituents is 1. The summed E-state index contributed by atoms with van der Waals surface area (Å²) in [5, 5.41) is 9.88. The summed E-state index contributed by atoms with van der Waals surface area (Å²) in [6.07, 6.45) is 0. The van der Waals surface area contributed by atoms with E-state index in [0.29, 0.717) is 12.3 Å². The molecule has 0 radical (unpaired) electrons. The van der Waals surface area contributed by atoms with Gasteiger partial charge in [-0.1, -0.05) is 15.9 Å². The number of hydrogen-bond donors (Lipinski definition) is 2. The van der Waals surface area contributed by atoms with Gasteiger partial charge in [0.2, 0.25) is 0 Å². The topological polar surface area (TPSA) is 50.7 Å². The monoisotopic (exact) mass is 275 g/mol. The highest BCUT2D eigenvalue weighted by Crippen LogP contribution is 2.36. The van der Waals surface area contributed by atoms with Crippen LogP contribution in [0.3, 0.4) is 0 Å². The van der Waals surface area contributed by atoms with E-state index in [1.807, 2.05) is 6.92 Å². The normalized spacial score (nSPS) is 10.4. The molecule has 84 valence electrons. The number of nitrogens with one attached hydrogen (secondary N) is 1. The lowest BCUT2D eigenvalue weighted by molar-refractivity contribution is 0.0859. The Labute approximate surface area is 97.3 Å². The first kappa shape index (κ1) is 12.3. The van der Waals surface area contributed by atoms with Gasteiger partial charge in [-0.05, 0) is 18.6 Å². The Morgan fingerprint density at radius 1 is 1.47 bits per heavy atom. The Morgan fingerprint density at radius 2 is 2.13 bits per heavy atom. The van der Waals surface area contributed by atoms with Crippen molar-refractivity contribution in [2.45, 2.75) is 13.5 Å². The maximum atomic E-state index is 9.88. The zero-order chi connectivity index (χ0) is 11.4. The molecule has 0 aromatic heterocycles. The predicted octanol–water partition coefficient (Wildman–Crippen LogP) is 2.12. The summed E-state index contributed by atoms with van der Waals surface area (Å²) in [6, 6.07) is 1.74. The van der Waals surface area contributed by atoms with Gasteiger partial charge in [0.15, 0.2) is 11.5 Å². The summed E-state index contributed by atoms with van der Waals surface area (Å²) in [5.41, 5.74) is 4.40. The molecule has 15 heavy (non-hydrogen) atoms. The van der Waals surface area contributed by atoms with Crippen LogP contribution in [0, 0.1) is 6.92 Å². The maximum Gasteiger partial charge on any atom is 0.162 e. The highest BCUT2D eigenvalue weighted by Gasteiger charge is 2.13. The van der Waals surface area contributed by atoms with Crippen molar-refractivity contribution in [3.63, 3.8) is 0 Å². The van der Waals surface area contributed by atoms with Crippen LogP contribution in [-0.4, -0.2) is 19.3 Å². The zero-order valence-electron chi connectivity index (χ0n) is 8.93. The lowest BCUT2D eigenvalue weighted by Gasteiger charge is -2.13. The highest BCUT2D eigenvalue weighted by atomic mass is 79.9. The average Bonchev–Trinajstić information content (AvgIpc) is 2.23. The van der Waals surface area contributed by atoms with E-state index >= 15 is 0 Å². The van der Waals surface area contributed by atoms with Gasteiger partial charge >= 0.3 is 0 Å². The molecule has 0 aliphatic rings. The smallest absolute Gasteiger partial charge is 0.162 e. The van der Waals surface area contributed by atoms with Gasteiger partial charge < -0.3 is 14.7 Å². The van der Waals surface area contributed by atoms with E-state index in [1.165, 1.54) is 14.2 Å². The summed E-state index contributed by atoms with van der Waals surface area (Å²) in [6.45, 7) is 2.33. The SMILES string of the molecule is CONCc1c(C)c(Br)cc(OC)c1O. The van der Waals surface area contributed by atoms with E-state index in [9.17, 15) is 5.11 Å². The summed E-state index contributed by atoms with van der Waals surface area (Å²) in [5.74, 6) is 0.586. The van der Waals surface area contributed by atoms with Gasteiger partial charge in [-0.15, -0.1) is 0 Å². The van der Waals surface area contributed by atoms with Crippen molar-refractivity contribution in [1.82, 2.24) is 5.48 Å². The minimum absolute atomic E-state index is 0.141. The third-order valence-electron chi connectivity index (χ3n) is 2.20. The fourth-order valence-corrected chi connectivity index (χ4v) is 1.73. The molecule has 0 bridgehead atoms. The third-order valence-corrected chi connectivity index (χ3v) is 3.02. The second-order valence-electron chi connectivity index (χ2n) is 3.04. The zero-order valence-corrected chi connectivity index (χ0v) is 10.5. The van der Waals surface area contributed by atoms with E-state index in [4.69, 9.17) is 9.57 Å².